The minimum atomic E-state index is -0.236. The van der Waals surface area contributed by atoms with E-state index in [2.05, 4.69) is 5.32 Å². The van der Waals surface area contributed by atoms with Crippen molar-refractivity contribution in [3.63, 3.8) is 0 Å². The molecule has 20 heavy (non-hydrogen) atoms. The van der Waals surface area contributed by atoms with Crippen molar-refractivity contribution < 1.29 is 9.18 Å². The highest BCUT2D eigenvalue weighted by molar-refractivity contribution is 5.80. The summed E-state index contributed by atoms with van der Waals surface area (Å²) in [6.45, 7) is 4.48. The zero-order valence-electron chi connectivity index (χ0n) is 12.4. The molecular formula is C16H23FN2O. The predicted octanol–water partition coefficient (Wildman–Crippen LogP) is 2.73. The van der Waals surface area contributed by atoms with E-state index >= 15 is 0 Å². The lowest BCUT2D eigenvalue weighted by molar-refractivity contribution is -0.137. The van der Waals surface area contributed by atoms with Crippen molar-refractivity contribution in [3.05, 3.63) is 35.6 Å². The highest BCUT2D eigenvalue weighted by Crippen LogP contribution is 2.36. The van der Waals surface area contributed by atoms with Gasteiger partial charge in [0, 0.05) is 24.1 Å². The van der Waals surface area contributed by atoms with Crippen molar-refractivity contribution in [3.8, 4) is 0 Å². The van der Waals surface area contributed by atoms with Crippen LogP contribution in [0, 0.1) is 11.7 Å². The first kappa shape index (κ1) is 15.0. The molecule has 0 spiro atoms. The van der Waals surface area contributed by atoms with E-state index in [0.717, 1.165) is 12.8 Å². The molecule has 1 aromatic carbocycles. The van der Waals surface area contributed by atoms with E-state index in [1.165, 1.54) is 6.07 Å². The number of hydrogen-bond donors (Lipinski definition) is 1. The summed E-state index contributed by atoms with van der Waals surface area (Å²) in [5, 5.41) is 3.03. The van der Waals surface area contributed by atoms with Gasteiger partial charge in [0.1, 0.15) is 5.82 Å². The number of nitrogens with one attached hydrogen (secondary N) is 1. The molecule has 1 saturated carbocycles. The van der Waals surface area contributed by atoms with Crippen LogP contribution in [0.4, 0.5) is 4.39 Å². The molecule has 1 amide bonds. The zero-order valence-corrected chi connectivity index (χ0v) is 12.4. The lowest BCUT2D eigenvalue weighted by Crippen LogP contribution is -2.41. The van der Waals surface area contributed by atoms with Gasteiger partial charge in [-0.3, -0.25) is 4.79 Å². The first-order valence-corrected chi connectivity index (χ1v) is 7.27. The quantitative estimate of drug-likeness (QED) is 0.868. The summed E-state index contributed by atoms with van der Waals surface area (Å²) in [5.41, 5.74) is 0.601. The van der Waals surface area contributed by atoms with Gasteiger partial charge in [0.2, 0.25) is 5.91 Å². The van der Waals surface area contributed by atoms with Gasteiger partial charge in [-0.05, 0) is 32.9 Å². The number of benzene rings is 1. The SMILES string of the molecule is CNC[C@@H](C)C(=O)N(C1CC1)[C@@H](C)c1ccccc1F. The highest BCUT2D eigenvalue weighted by Gasteiger charge is 2.38. The van der Waals surface area contributed by atoms with Crippen LogP contribution < -0.4 is 5.32 Å². The summed E-state index contributed by atoms with van der Waals surface area (Å²) >= 11 is 0. The van der Waals surface area contributed by atoms with Crippen LogP contribution in [-0.2, 0) is 4.79 Å². The Morgan fingerprint density at radius 1 is 1.40 bits per heavy atom. The molecule has 0 bridgehead atoms. The minimum absolute atomic E-state index is 0.0881. The van der Waals surface area contributed by atoms with Crippen LogP contribution in [0.5, 0.6) is 0 Å². The molecule has 110 valence electrons. The summed E-state index contributed by atoms with van der Waals surface area (Å²) in [6, 6.07) is 6.79. The van der Waals surface area contributed by atoms with Crippen LogP contribution in [0.25, 0.3) is 0 Å². The average molecular weight is 278 g/mol. The monoisotopic (exact) mass is 278 g/mol. The summed E-state index contributed by atoms with van der Waals surface area (Å²) in [6.07, 6.45) is 2.05. The van der Waals surface area contributed by atoms with Crippen molar-refractivity contribution >= 4 is 5.91 Å². The number of halogens is 1. The molecule has 1 fully saturated rings. The van der Waals surface area contributed by atoms with Gasteiger partial charge >= 0.3 is 0 Å². The Morgan fingerprint density at radius 2 is 2.05 bits per heavy atom. The maximum atomic E-state index is 13.9. The molecule has 2 atom stereocenters. The number of hydrogen-bond acceptors (Lipinski definition) is 2. The van der Waals surface area contributed by atoms with Gasteiger partial charge in [0.25, 0.3) is 0 Å². The lowest BCUT2D eigenvalue weighted by atomic mass is 10.0. The van der Waals surface area contributed by atoms with E-state index in [4.69, 9.17) is 0 Å². The van der Waals surface area contributed by atoms with Crippen LogP contribution in [0.1, 0.15) is 38.3 Å². The van der Waals surface area contributed by atoms with Crippen LogP contribution in [0.3, 0.4) is 0 Å². The number of carbonyl (C=O) groups excluding carboxylic acids is 1. The molecule has 0 radical (unpaired) electrons. The van der Waals surface area contributed by atoms with E-state index in [0.29, 0.717) is 12.1 Å². The minimum Gasteiger partial charge on any atom is -0.333 e. The standard InChI is InChI=1S/C16H23FN2O/c1-11(10-18-3)16(20)19(13-8-9-13)12(2)14-6-4-5-7-15(14)17/h4-7,11-13,18H,8-10H2,1-3H3/t11-,12+/m1/s1. The number of amides is 1. The van der Waals surface area contributed by atoms with Crippen LogP contribution >= 0.6 is 0 Å². The topological polar surface area (TPSA) is 32.3 Å². The summed E-state index contributed by atoms with van der Waals surface area (Å²) < 4.78 is 13.9. The molecule has 3 nitrogen and oxygen atoms in total. The van der Waals surface area contributed by atoms with Gasteiger partial charge in [-0.1, -0.05) is 25.1 Å². The van der Waals surface area contributed by atoms with Gasteiger partial charge < -0.3 is 10.2 Å². The lowest BCUT2D eigenvalue weighted by Gasteiger charge is -2.32. The maximum Gasteiger partial charge on any atom is 0.227 e. The number of rotatable bonds is 6. The Balaban J connectivity index is 2.20. The molecule has 0 aromatic heterocycles. The molecule has 0 unspecified atom stereocenters. The zero-order chi connectivity index (χ0) is 14.7. The Kier molecular flexibility index (Phi) is 4.76. The molecular weight excluding hydrogens is 255 g/mol. The largest absolute Gasteiger partial charge is 0.333 e. The predicted molar refractivity (Wildman–Crippen MR) is 77.8 cm³/mol. The van der Waals surface area contributed by atoms with E-state index in [1.54, 1.807) is 12.1 Å². The van der Waals surface area contributed by atoms with E-state index in [-0.39, 0.29) is 29.7 Å². The fourth-order valence-corrected chi connectivity index (χ4v) is 2.65. The second-order valence-electron chi connectivity index (χ2n) is 5.63. The fraction of sp³-hybridized carbons (Fsp3) is 0.562. The Morgan fingerprint density at radius 3 is 2.60 bits per heavy atom. The van der Waals surface area contributed by atoms with Crippen molar-refractivity contribution in [2.45, 2.75) is 38.8 Å². The Labute approximate surface area is 120 Å². The van der Waals surface area contributed by atoms with Crippen molar-refractivity contribution in [2.24, 2.45) is 5.92 Å². The third kappa shape index (κ3) is 3.18. The van der Waals surface area contributed by atoms with Gasteiger partial charge in [-0.25, -0.2) is 4.39 Å². The molecule has 0 heterocycles. The van der Waals surface area contributed by atoms with Gasteiger partial charge in [-0.15, -0.1) is 0 Å². The molecule has 4 heteroatoms. The van der Waals surface area contributed by atoms with E-state index < -0.39 is 0 Å². The summed E-state index contributed by atoms with van der Waals surface area (Å²) in [7, 11) is 1.84. The summed E-state index contributed by atoms with van der Waals surface area (Å²) in [5.74, 6) is -0.216. The third-order valence-electron chi connectivity index (χ3n) is 3.90. The average Bonchev–Trinajstić information content (AvgIpc) is 3.24. The number of carbonyl (C=O) groups is 1. The molecule has 2 rings (SSSR count). The molecule has 1 aliphatic carbocycles. The normalized spacial score (nSPS) is 17.6. The second kappa shape index (κ2) is 6.35. The van der Waals surface area contributed by atoms with Crippen LogP contribution in [-0.4, -0.2) is 30.4 Å². The van der Waals surface area contributed by atoms with Gasteiger partial charge in [0.15, 0.2) is 0 Å². The van der Waals surface area contributed by atoms with Gasteiger partial charge in [0.05, 0.1) is 6.04 Å². The Hall–Kier alpha value is -1.42. The first-order chi connectivity index (χ1) is 9.56. The molecule has 1 aromatic rings. The van der Waals surface area contributed by atoms with E-state index in [1.807, 2.05) is 31.9 Å². The van der Waals surface area contributed by atoms with Crippen LogP contribution in [0.15, 0.2) is 24.3 Å². The molecule has 1 N–H and O–H groups in total. The van der Waals surface area contributed by atoms with Crippen molar-refractivity contribution in [2.75, 3.05) is 13.6 Å². The Bertz CT molecular complexity index is 473. The third-order valence-corrected chi connectivity index (χ3v) is 3.90. The fourth-order valence-electron chi connectivity index (χ4n) is 2.65. The molecule has 1 aliphatic rings. The highest BCUT2D eigenvalue weighted by atomic mass is 19.1. The van der Waals surface area contributed by atoms with Crippen molar-refractivity contribution in [1.29, 1.82) is 0 Å². The van der Waals surface area contributed by atoms with Gasteiger partial charge in [-0.2, -0.15) is 0 Å². The number of nitrogens with zero attached hydrogens (tertiary/aromatic N) is 1. The van der Waals surface area contributed by atoms with Crippen molar-refractivity contribution in [1.82, 2.24) is 10.2 Å². The second-order valence-corrected chi connectivity index (χ2v) is 5.63. The van der Waals surface area contributed by atoms with Crippen LogP contribution in [0.2, 0.25) is 0 Å². The van der Waals surface area contributed by atoms with E-state index in [9.17, 15) is 9.18 Å². The maximum absolute atomic E-state index is 13.9. The smallest absolute Gasteiger partial charge is 0.227 e. The molecule has 0 saturated heterocycles. The summed E-state index contributed by atoms with van der Waals surface area (Å²) in [4.78, 5) is 14.5. The molecule has 0 aliphatic heterocycles. The first-order valence-electron chi connectivity index (χ1n) is 7.27.